The first kappa shape index (κ1) is 36.8. The first-order chi connectivity index (χ1) is 29.8. The van der Waals surface area contributed by atoms with Gasteiger partial charge in [0.2, 0.25) is 0 Å². The van der Waals surface area contributed by atoms with Gasteiger partial charge in [0.1, 0.15) is 6.17 Å². The molecular weight excluding hydrogens is 725 g/mol. The molecular formula is C58H44N2. The first-order valence-electron chi connectivity index (χ1n) is 20.9. The first-order valence-corrected chi connectivity index (χ1v) is 20.9. The number of hydrogen-bond acceptors (Lipinski definition) is 2. The molecule has 0 fully saturated rings. The summed E-state index contributed by atoms with van der Waals surface area (Å²) in [5.41, 5.74) is 19.9. The third kappa shape index (κ3) is 7.25. The predicted octanol–water partition coefficient (Wildman–Crippen LogP) is 14.9. The minimum Gasteiger partial charge on any atom is -0.359 e. The summed E-state index contributed by atoms with van der Waals surface area (Å²) in [6.45, 7) is 0. The second-order valence-corrected chi connectivity index (χ2v) is 15.3. The molecule has 1 N–H and O–H groups in total. The largest absolute Gasteiger partial charge is 0.359 e. The Labute approximate surface area is 353 Å². The zero-order chi connectivity index (χ0) is 40.1. The minimum absolute atomic E-state index is 0.290. The van der Waals surface area contributed by atoms with Crippen molar-refractivity contribution in [3.05, 3.63) is 253 Å². The van der Waals surface area contributed by atoms with Crippen LogP contribution in [-0.2, 0) is 0 Å². The second kappa shape index (κ2) is 16.7. The third-order valence-corrected chi connectivity index (χ3v) is 11.6. The van der Waals surface area contributed by atoms with Gasteiger partial charge in [-0.15, -0.1) is 0 Å². The quantitative estimate of drug-likeness (QED) is 0.155. The second-order valence-electron chi connectivity index (χ2n) is 15.3. The molecule has 286 valence electrons. The van der Waals surface area contributed by atoms with Crippen molar-refractivity contribution in [3.8, 4) is 55.6 Å². The number of aliphatic imine (C=N–C) groups is 1. The van der Waals surface area contributed by atoms with Crippen LogP contribution in [0.2, 0.25) is 0 Å². The Hall–Kier alpha value is -7.55. The maximum Gasteiger partial charge on any atom is 0.145 e. The summed E-state index contributed by atoms with van der Waals surface area (Å²) >= 11 is 0. The van der Waals surface area contributed by atoms with Crippen molar-refractivity contribution in [1.82, 2.24) is 5.32 Å². The van der Waals surface area contributed by atoms with Gasteiger partial charge in [-0.25, -0.2) is 0 Å². The third-order valence-electron chi connectivity index (χ3n) is 11.6. The molecule has 2 aliphatic rings. The standard InChI is InChI=1S/C58H44N2/c1-7-23-41(24-8-1)47-35-19-21-37-49(47)53-40-54(60-58(59-53)46-33-17-6-18-34-46)50-38-22-20-36-48(50)52-39-51(42-25-9-2-10-26-42)55(43-27-11-3-12-28-43)57(45-31-15-5-16-32-45)56(52)44-29-13-4-14-30-44/h1-9,11-25,27-40,58,60H,10,26H2. The lowest BCUT2D eigenvalue weighted by Crippen LogP contribution is -2.25. The van der Waals surface area contributed by atoms with Gasteiger partial charge in [-0.05, 0) is 97.3 Å². The maximum atomic E-state index is 5.44. The van der Waals surface area contributed by atoms with Gasteiger partial charge in [0, 0.05) is 16.8 Å². The van der Waals surface area contributed by atoms with Gasteiger partial charge in [-0.3, -0.25) is 4.99 Å². The Bertz CT molecular complexity index is 2910. The van der Waals surface area contributed by atoms with Crippen molar-refractivity contribution >= 4 is 17.0 Å². The molecule has 1 aliphatic heterocycles. The predicted molar refractivity (Wildman–Crippen MR) is 253 cm³/mol. The average Bonchev–Trinajstić information content (AvgIpc) is 3.35. The van der Waals surface area contributed by atoms with E-state index in [0.717, 1.165) is 52.1 Å². The number of allylic oxidation sites excluding steroid dienone is 5. The maximum absolute atomic E-state index is 5.44. The van der Waals surface area contributed by atoms with Crippen molar-refractivity contribution in [2.75, 3.05) is 0 Å². The van der Waals surface area contributed by atoms with Gasteiger partial charge >= 0.3 is 0 Å². The van der Waals surface area contributed by atoms with E-state index in [4.69, 9.17) is 4.99 Å². The van der Waals surface area contributed by atoms with E-state index in [-0.39, 0.29) is 6.17 Å². The van der Waals surface area contributed by atoms with E-state index in [2.05, 4.69) is 236 Å². The molecule has 0 amide bonds. The Balaban J connectivity index is 1.26. The summed E-state index contributed by atoms with van der Waals surface area (Å²) in [7, 11) is 0. The summed E-state index contributed by atoms with van der Waals surface area (Å²) < 4.78 is 0. The van der Waals surface area contributed by atoms with E-state index >= 15 is 0 Å². The van der Waals surface area contributed by atoms with Crippen LogP contribution in [0, 0.1) is 0 Å². The molecule has 2 nitrogen and oxygen atoms in total. The van der Waals surface area contributed by atoms with E-state index in [1.165, 1.54) is 55.6 Å². The highest BCUT2D eigenvalue weighted by molar-refractivity contribution is 6.17. The molecule has 2 heteroatoms. The molecule has 0 radical (unpaired) electrons. The number of hydrogen-bond donors (Lipinski definition) is 1. The molecule has 0 saturated carbocycles. The van der Waals surface area contributed by atoms with E-state index in [1.54, 1.807) is 0 Å². The summed E-state index contributed by atoms with van der Waals surface area (Å²) in [6, 6.07) is 74.2. The van der Waals surface area contributed by atoms with Crippen LogP contribution < -0.4 is 5.32 Å². The zero-order valence-corrected chi connectivity index (χ0v) is 33.4. The molecule has 10 rings (SSSR count). The number of benzene rings is 8. The fourth-order valence-corrected chi connectivity index (χ4v) is 8.84. The smallest absolute Gasteiger partial charge is 0.145 e. The zero-order valence-electron chi connectivity index (χ0n) is 33.4. The lowest BCUT2D eigenvalue weighted by atomic mass is 9.77. The number of rotatable bonds is 9. The highest BCUT2D eigenvalue weighted by Gasteiger charge is 2.28. The Morgan fingerprint density at radius 1 is 0.417 bits per heavy atom. The molecule has 1 atom stereocenters. The van der Waals surface area contributed by atoms with Crippen LogP contribution in [-0.4, -0.2) is 5.71 Å². The average molecular weight is 769 g/mol. The van der Waals surface area contributed by atoms with Gasteiger partial charge in [0.25, 0.3) is 0 Å². The van der Waals surface area contributed by atoms with E-state index in [0.29, 0.717) is 0 Å². The van der Waals surface area contributed by atoms with E-state index < -0.39 is 0 Å². The lowest BCUT2D eigenvalue weighted by molar-refractivity contribution is 0.664. The Kier molecular flexibility index (Phi) is 10.3. The highest BCUT2D eigenvalue weighted by Crippen LogP contribution is 2.51. The van der Waals surface area contributed by atoms with Gasteiger partial charge < -0.3 is 5.32 Å². The van der Waals surface area contributed by atoms with E-state index in [1.807, 2.05) is 0 Å². The van der Waals surface area contributed by atoms with Crippen LogP contribution in [0.4, 0.5) is 0 Å². The van der Waals surface area contributed by atoms with Crippen molar-refractivity contribution in [2.24, 2.45) is 4.99 Å². The summed E-state index contributed by atoms with van der Waals surface area (Å²) in [5, 5.41) is 3.93. The van der Waals surface area contributed by atoms with Gasteiger partial charge in [-0.2, -0.15) is 0 Å². The van der Waals surface area contributed by atoms with Crippen molar-refractivity contribution in [1.29, 1.82) is 0 Å². The molecule has 0 saturated heterocycles. The molecule has 0 bridgehead atoms. The van der Waals surface area contributed by atoms with Crippen LogP contribution in [0.3, 0.4) is 0 Å². The van der Waals surface area contributed by atoms with Crippen LogP contribution in [0.15, 0.2) is 236 Å². The molecule has 8 aromatic carbocycles. The normalized spacial score (nSPS) is 14.7. The SMILES string of the molecule is C1=CCCC(c2cc(-c3ccccc3C3=CC(c4ccccc4-c4ccccc4)=NC(c4ccccc4)N3)c(-c3ccccc3)c(-c3ccccc3)c2-c2ccccc2)=C1. The Morgan fingerprint density at radius 3 is 1.48 bits per heavy atom. The summed E-state index contributed by atoms with van der Waals surface area (Å²) in [4.78, 5) is 5.44. The summed E-state index contributed by atoms with van der Waals surface area (Å²) in [5.74, 6) is 0. The van der Waals surface area contributed by atoms with Crippen LogP contribution >= 0.6 is 0 Å². The molecule has 1 heterocycles. The molecule has 1 unspecified atom stereocenters. The topological polar surface area (TPSA) is 24.4 Å². The lowest BCUT2D eigenvalue weighted by Gasteiger charge is -2.29. The molecule has 60 heavy (non-hydrogen) atoms. The fraction of sp³-hybridized carbons (Fsp3) is 0.0517. The summed E-state index contributed by atoms with van der Waals surface area (Å²) in [6.07, 6.45) is 10.8. The number of nitrogens with one attached hydrogen (secondary N) is 1. The Morgan fingerprint density at radius 2 is 0.900 bits per heavy atom. The molecule has 0 aromatic heterocycles. The molecule has 0 spiro atoms. The van der Waals surface area contributed by atoms with Gasteiger partial charge in [0.15, 0.2) is 0 Å². The molecule has 1 aliphatic carbocycles. The van der Waals surface area contributed by atoms with Crippen LogP contribution in [0.25, 0.3) is 66.9 Å². The minimum atomic E-state index is -0.290. The van der Waals surface area contributed by atoms with Crippen LogP contribution in [0.5, 0.6) is 0 Å². The highest BCUT2D eigenvalue weighted by atomic mass is 15.1. The van der Waals surface area contributed by atoms with E-state index in [9.17, 15) is 0 Å². The molecule has 8 aromatic rings. The van der Waals surface area contributed by atoms with Crippen LogP contribution in [0.1, 0.15) is 41.3 Å². The fourth-order valence-electron chi connectivity index (χ4n) is 8.84. The van der Waals surface area contributed by atoms with Crippen molar-refractivity contribution in [2.45, 2.75) is 19.0 Å². The van der Waals surface area contributed by atoms with Crippen molar-refractivity contribution < 1.29 is 0 Å². The monoisotopic (exact) mass is 768 g/mol. The van der Waals surface area contributed by atoms with Gasteiger partial charge in [0.05, 0.1) is 5.71 Å². The van der Waals surface area contributed by atoms with Crippen molar-refractivity contribution in [3.63, 3.8) is 0 Å². The number of nitrogens with zero attached hydrogens (tertiary/aromatic N) is 1. The van der Waals surface area contributed by atoms with Gasteiger partial charge in [-0.1, -0.05) is 218 Å².